The highest BCUT2D eigenvalue weighted by Crippen LogP contribution is 2.58. The predicted octanol–water partition coefficient (Wildman–Crippen LogP) is 4.60. The molecule has 28 heavy (non-hydrogen) atoms. The van der Waals surface area contributed by atoms with Gasteiger partial charge in [0.1, 0.15) is 0 Å². The lowest BCUT2D eigenvalue weighted by atomic mass is 9.98. The van der Waals surface area contributed by atoms with Crippen LogP contribution < -0.4 is 0 Å². The Labute approximate surface area is 175 Å². The predicted molar refractivity (Wildman–Crippen MR) is 124 cm³/mol. The maximum Gasteiger partial charge on any atom is 0.0866 e. The highest BCUT2D eigenvalue weighted by molar-refractivity contribution is 6.81. The summed E-state index contributed by atoms with van der Waals surface area (Å²) < 4.78 is 19.4. The Kier molecular flexibility index (Phi) is 5.58. The van der Waals surface area contributed by atoms with Crippen LogP contribution >= 0.6 is 0 Å². The van der Waals surface area contributed by atoms with Gasteiger partial charge in [0.05, 0.1) is 58.2 Å². The Morgan fingerprint density at radius 1 is 0.786 bits per heavy atom. The first kappa shape index (κ1) is 23.2. The van der Waals surface area contributed by atoms with Gasteiger partial charge in [-0.1, -0.05) is 58.9 Å². The molecule has 0 unspecified atom stereocenters. The summed E-state index contributed by atoms with van der Waals surface area (Å²) in [6, 6.07) is 0. The maximum atomic E-state index is 11.0. The fourth-order valence-electron chi connectivity index (χ4n) is 5.36. The monoisotopic (exact) mass is 444 g/mol. The summed E-state index contributed by atoms with van der Waals surface area (Å²) in [4.78, 5) is 0. The van der Waals surface area contributed by atoms with Crippen LogP contribution in [0.4, 0.5) is 0 Å². The van der Waals surface area contributed by atoms with E-state index in [4.69, 9.17) is 14.2 Å². The molecule has 3 fully saturated rings. The molecule has 3 heterocycles. The third-order valence-corrected chi connectivity index (χ3v) is 18.1. The SMILES string of the molecule is C[C@@]1([Si](C)(C)C)O[C@@H]1C[C@@]1([Si](C)(C)C)O[C@@H]1C[C@]1([Si](C)(C)C)OCCC[C@H]1O. The summed E-state index contributed by atoms with van der Waals surface area (Å²) in [6.07, 6.45) is 3.86. The second-order valence-electron chi connectivity index (χ2n) is 12.8. The van der Waals surface area contributed by atoms with Crippen LogP contribution in [0.3, 0.4) is 0 Å². The van der Waals surface area contributed by atoms with Crippen molar-refractivity contribution >= 4 is 24.2 Å². The number of hydrogen-bond donors (Lipinski definition) is 1. The van der Waals surface area contributed by atoms with E-state index in [9.17, 15) is 5.11 Å². The van der Waals surface area contributed by atoms with Crippen LogP contribution in [0.25, 0.3) is 0 Å². The quantitative estimate of drug-likeness (QED) is 0.460. The normalized spacial score (nSPS) is 44.5. The van der Waals surface area contributed by atoms with Crippen LogP contribution in [0, 0.1) is 0 Å². The number of epoxide rings is 2. The van der Waals surface area contributed by atoms with Crippen LogP contribution in [0.1, 0.15) is 32.6 Å². The zero-order chi connectivity index (χ0) is 21.4. The first-order valence-electron chi connectivity index (χ1n) is 11.2. The lowest BCUT2D eigenvalue weighted by Gasteiger charge is -2.49. The van der Waals surface area contributed by atoms with Gasteiger partial charge in [-0.2, -0.15) is 0 Å². The standard InChI is InChI=1S/C21H44O4Si3/c1-19(26(2,3)4)17(24-19)14-21(28(8,9)10)18(25-21)15-20(27(5,6)7)16(22)12-11-13-23-20/h16-18,22H,11-15H2,1-10H3/t16-,17-,18-,19+,20-,21+/m1/s1. The number of hydrogen-bond acceptors (Lipinski definition) is 4. The molecule has 0 aromatic heterocycles. The van der Waals surface area contributed by atoms with Crippen molar-refractivity contribution < 1.29 is 19.3 Å². The van der Waals surface area contributed by atoms with E-state index in [2.05, 4.69) is 65.8 Å². The van der Waals surface area contributed by atoms with Gasteiger partial charge in [0.15, 0.2) is 0 Å². The first-order chi connectivity index (χ1) is 12.5. The van der Waals surface area contributed by atoms with Gasteiger partial charge in [-0.3, -0.25) is 0 Å². The second-order valence-corrected chi connectivity index (χ2v) is 28.9. The maximum absolute atomic E-state index is 11.0. The number of aliphatic hydroxyl groups excluding tert-OH is 1. The van der Waals surface area contributed by atoms with E-state index in [1.165, 1.54) is 0 Å². The van der Waals surface area contributed by atoms with Crippen molar-refractivity contribution in [1.82, 2.24) is 0 Å². The molecular weight excluding hydrogens is 400 g/mol. The average Bonchev–Trinajstić information content (AvgIpc) is 3.37. The van der Waals surface area contributed by atoms with Gasteiger partial charge >= 0.3 is 0 Å². The van der Waals surface area contributed by atoms with Crippen LogP contribution in [0.2, 0.25) is 58.9 Å². The van der Waals surface area contributed by atoms with Crippen molar-refractivity contribution in [1.29, 1.82) is 0 Å². The summed E-state index contributed by atoms with van der Waals surface area (Å²) in [6.45, 7) is 24.6. The molecule has 3 rings (SSSR count). The second kappa shape index (κ2) is 6.74. The molecule has 0 spiro atoms. The van der Waals surface area contributed by atoms with Gasteiger partial charge in [0.25, 0.3) is 0 Å². The fraction of sp³-hybridized carbons (Fsp3) is 1.00. The molecule has 0 aromatic carbocycles. The zero-order valence-electron chi connectivity index (χ0n) is 19.9. The molecule has 0 aliphatic carbocycles. The number of rotatable bonds is 7. The molecular formula is C21H44O4Si3. The van der Waals surface area contributed by atoms with Crippen LogP contribution in [0.15, 0.2) is 0 Å². The molecule has 3 saturated heterocycles. The molecule has 6 atom stereocenters. The van der Waals surface area contributed by atoms with E-state index in [0.717, 1.165) is 32.3 Å². The van der Waals surface area contributed by atoms with E-state index in [1.54, 1.807) is 0 Å². The van der Waals surface area contributed by atoms with E-state index < -0.39 is 24.2 Å². The van der Waals surface area contributed by atoms with Crippen molar-refractivity contribution in [2.75, 3.05) is 6.61 Å². The largest absolute Gasteiger partial charge is 0.390 e. The minimum Gasteiger partial charge on any atom is -0.390 e. The summed E-state index contributed by atoms with van der Waals surface area (Å²) in [5.41, 5.74) is 0. The van der Waals surface area contributed by atoms with E-state index >= 15 is 0 Å². The van der Waals surface area contributed by atoms with Gasteiger partial charge < -0.3 is 19.3 Å². The number of aliphatic hydroxyl groups is 1. The molecule has 7 heteroatoms. The first-order valence-corrected chi connectivity index (χ1v) is 21.7. The molecule has 4 nitrogen and oxygen atoms in total. The Morgan fingerprint density at radius 3 is 1.75 bits per heavy atom. The molecule has 0 saturated carbocycles. The highest BCUT2D eigenvalue weighted by Gasteiger charge is 2.72. The van der Waals surface area contributed by atoms with Gasteiger partial charge in [-0.15, -0.1) is 0 Å². The highest BCUT2D eigenvalue weighted by atomic mass is 28.3. The molecule has 1 N–H and O–H groups in total. The number of ether oxygens (including phenoxy) is 3. The smallest absolute Gasteiger partial charge is 0.0866 e. The minimum atomic E-state index is -1.76. The van der Waals surface area contributed by atoms with E-state index in [1.807, 2.05) is 0 Å². The van der Waals surface area contributed by atoms with Crippen LogP contribution in [-0.4, -0.2) is 69.9 Å². The Bertz CT molecular complexity index is 608. The third kappa shape index (κ3) is 3.56. The van der Waals surface area contributed by atoms with Crippen LogP contribution in [-0.2, 0) is 14.2 Å². The zero-order valence-corrected chi connectivity index (χ0v) is 22.9. The van der Waals surface area contributed by atoms with Crippen molar-refractivity contribution in [3.05, 3.63) is 0 Å². The lowest BCUT2D eigenvalue weighted by Crippen LogP contribution is -2.64. The lowest BCUT2D eigenvalue weighted by molar-refractivity contribution is -0.116. The molecule has 164 valence electrons. The molecule has 3 aliphatic heterocycles. The van der Waals surface area contributed by atoms with Crippen molar-refractivity contribution in [3.8, 4) is 0 Å². The minimum absolute atomic E-state index is 0.0394. The summed E-state index contributed by atoms with van der Waals surface area (Å²) in [5, 5.41) is 10.7. The third-order valence-electron chi connectivity index (χ3n) is 8.29. The summed E-state index contributed by atoms with van der Waals surface area (Å²) in [7, 11) is -4.73. The molecule has 0 bridgehead atoms. The molecule has 3 aliphatic rings. The molecule has 0 aromatic rings. The van der Waals surface area contributed by atoms with Crippen molar-refractivity contribution in [2.45, 2.75) is 126 Å². The molecule has 0 radical (unpaired) electrons. The van der Waals surface area contributed by atoms with Gasteiger partial charge in [-0.25, -0.2) is 0 Å². The van der Waals surface area contributed by atoms with Crippen LogP contribution in [0.5, 0.6) is 0 Å². The Hall–Kier alpha value is 0.491. The topological polar surface area (TPSA) is 54.5 Å². The Morgan fingerprint density at radius 2 is 1.32 bits per heavy atom. The van der Waals surface area contributed by atoms with E-state index in [-0.39, 0.29) is 27.9 Å². The van der Waals surface area contributed by atoms with Gasteiger partial charge in [0.2, 0.25) is 0 Å². The van der Waals surface area contributed by atoms with E-state index in [0.29, 0.717) is 6.10 Å². The van der Waals surface area contributed by atoms with Gasteiger partial charge in [0, 0.05) is 19.4 Å². The molecule has 0 amide bonds. The fourth-order valence-corrected chi connectivity index (χ4v) is 11.8. The van der Waals surface area contributed by atoms with Crippen molar-refractivity contribution in [3.63, 3.8) is 0 Å². The van der Waals surface area contributed by atoms with Gasteiger partial charge in [-0.05, 0) is 19.8 Å². The summed E-state index contributed by atoms with van der Waals surface area (Å²) in [5.74, 6) is 0. The average molecular weight is 445 g/mol. The Balaban J connectivity index is 1.81. The summed E-state index contributed by atoms with van der Waals surface area (Å²) >= 11 is 0. The van der Waals surface area contributed by atoms with Crippen molar-refractivity contribution in [2.24, 2.45) is 0 Å².